The van der Waals surface area contributed by atoms with E-state index in [0.29, 0.717) is 24.9 Å². The molecule has 1 heterocycles. The van der Waals surface area contributed by atoms with E-state index >= 15 is 0 Å². The van der Waals surface area contributed by atoms with Gasteiger partial charge in [-0.3, -0.25) is 0 Å². The molecule has 1 aromatic heterocycles. The van der Waals surface area contributed by atoms with E-state index in [1.807, 2.05) is 38.1 Å². The predicted octanol–water partition coefficient (Wildman–Crippen LogP) is 2.64. The second kappa shape index (κ2) is 6.05. The summed E-state index contributed by atoms with van der Waals surface area (Å²) in [6, 6.07) is 7.79. The zero-order valence-electron chi connectivity index (χ0n) is 10.6. The van der Waals surface area contributed by atoms with Gasteiger partial charge in [0.1, 0.15) is 5.75 Å². The fraction of sp³-hybridized carbons (Fsp3) is 0.385. The van der Waals surface area contributed by atoms with Gasteiger partial charge in [0.25, 0.3) is 0 Å². The Hall–Kier alpha value is -2.04. The highest BCUT2D eigenvalue weighted by Gasteiger charge is 2.06. The third kappa shape index (κ3) is 3.00. The van der Waals surface area contributed by atoms with E-state index in [1.165, 1.54) is 0 Å². The van der Waals surface area contributed by atoms with E-state index in [-0.39, 0.29) is 0 Å². The number of rotatable bonds is 6. The van der Waals surface area contributed by atoms with Crippen molar-refractivity contribution < 1.29 is 9.15 Å². The molecule has 1 N–H and O–H groups in total. The molecule has 96 valence electrons. The minimum atomic E-state index is 0.497. The number of nitrogens with zero attached hydrogens (tertiary/aromatic N) is 2. The Bertz CT molecular complexity index is 496. The second-order valence-electron chi connectivity index (χ2n) is 3.73. The SMILES string of the molecule is CCOc1ccccc1NCc1nnc(CC)o1. The lowest BCUT2D eigenvalue weighted by Crippen LogP contribution is -2.02. The molecular formula is C13H17N3O2. The van der Waals surface area contributed by atoms with Gasteiger partial charge in [0, 0.05) is 6.42 Å². The highest BCUT2D eigenvalue weighted by atomic mass is 16.5. The van der Waals surface area contributed by atoms with Crippen LogP contribution in [0.4, 0.5) is 5.69 Å². The molecule has 0 aliphatic rings. The van der Waals surface area contributed by atoms with E-state index < -0.39 is 0 Å². The van der Waals surface area contributed by atoms with Gasteiger partial charge < -0.3 is 14.5 Å². The van der Waals surface area contributed by atoms with Crippen LogP contribution in [0.2, 0.25) is 0 Å². The van der Waals surface area contributed by atoms with Crippen LogP contribution in [-0.2, 0) is 13.0 Å². The highest BCUT2D eigenvalue weighted by Crippen LogP contribution is 2.24. The Kier molecular flexibility index (Phi) is 4.17. The molecular weight excluding hydrogens is 230 g/mol. The largest absolute Gasteiger partial charge is 0.492 e. The summed E-state index contributed by atoms with van der Waals surface area (Å²) < 4.78 is 11.0. The summed E-state index contributed by atoms with van der Waals surface area (Å²) in [6.07, 6.45) is 0.753. The van der Waals surface area contributed by atoms with Gasteiger partial charge in [0.05, 0.1) is 18.8 Å². The van der Waals surface area contributed by atoms with E-state index in [0.717, 1.165) is 17.9 Å². The van der Waals surface area contributed by atoms with Gasteiger partial charge in [-0.05, 0) is 19.1 Å². The summed E-state index contributed by atoms with van der Waals surface area (Å²) in [5.41, 5.74) is 0.926. The second-order valence-corrected chi connectivity index (χ2v) is 3.73. The van der Waals surface area contributed by atoms with E-state index in [4.69, 9.17) is 9.15 Å². The lowest BCUT2D eigenvalue weighted by Gasteiger charge is -2.10. The molecule has 0 bridgehead atoms. The third-order valence-electron chi connectivity index (χ3n) is 2.43. The van der Waals surface area contributed by atoms with Gasteiger partial charge in [-0.1, -0.05) is 19.1 Å². The fourth-order valence-electron chi connectivity index (χ4n) is 1.57. The molecule has 0 atom stereocenters. The maximum atomic E-state index is 5.52. The van der Waals surface area contributed by atoms with Gasteiger partial charge >= 0.3 is 0 Å². The zero-order chi connectivity index (χ0) is 12.8. The quantitative estimate of drug-likeness (QED) is 0.850. The molecule has 1 aromatic carbocycles. The maximum absolute atomic E-state index is 5.52. The first-order valence-corrected chi connectivity index (χ1v) is 6.10. The summed E-state index contributed by atoms with van der Waals surface area (Å²) in [5.74, 6) is 2.07. The van der Waals surface area contributed by atoms with Gasteiger partial charge in [-0.25, -0.2) is 0 Å². The Labute approximate surface area is 106 Å². The first-order valence-electron chi connectivity index (χ1n) is 6.10. The molecule has 0 aliphatic carbocycles. The van der Waals surface area contributed by atoms with E-state index in [9.17, 15) is 0 Å². The first-order chi connectivity index (χ1) is 8.83. The van der Waals surface area contributed by atoms with Crippen molar-refractivity contribution >= 4 is 5.69 Å². The molecule has 0 radical (unpaired) electrons. The number of aryl methyl sites for hydroxylation is 1. The average molecular weight is 247 g/mol. The number of benzene rings is 1. The van der Waals surface area contributed by atoms with E-state index in [2.05, 4.69) is 15.5 Å². The number of ether oxygens (including phenoxy) is 1. The molecule has 0 saturated carbocycles. The first kappa shape index (κ1) is 12.4. The van der Waals surface area contributed by atoms with Crippen LogP contribution < -0.4 is 10.1 Å². The summed E-state index contributed by atoms with van der Waals surface area (Å²) >= 11 is 0. The maximum Gasteiger partial charge on any atom is 0.235 e. The Morgan fingerprint density at radius 2 is 1.94 bits per heavy atom. The monoisotopic (exact) mass is 247 g/mol. The number of hydrogen-bond acceptors (Lipinski definition) is 5. The average Bonchev–Trinajstić information content (AvgIpc) is 2.86. The topological polar surface area (TPSA) is 60.2 Å². The number of para-hydroxylation sites is 2. The van der Waals surface area contributed by atoms with Gasteiger partial charge in [0.2, 0.25) is 11.8 Å². The number of nitrogens with one attached hydrogen (secondary N) is 1. The molecule has 2 aromatic rings. The van der Waals surface area contributed by atoms with Crippen LogP contribution in [0.3, 0.4) is 0 Å². The van der Waals surface area contributed by atoms with Gasteiger partial charge in [-0.15, -0.1) is 10.2 Å². The van der Waals surface area contributed by atoms with Gasteiger partial charge in [0.15, 0.2) is 0 Å². The van der Waals surface area contributed by atoms with Crippen molar-refractivity contribution in [2.45, 2.75) is 26.8 Å². The molecule has 0 saturated heterocycles. The minimum Gasteiger partial charge on any atom is -0.492 e. The fourth-order valence-corrected chi connectivity index (χ4v) is 1.57. The summed E-state index contributed by atoms with van der Waals surface area (Å²) in [6.45, 7) is 5.08. The molecule has 5 heteroatoms. The zero-order valence-corrected chi connectivity index (χ0v) is 10.6. The van der Waals surface area contributed by atoms with Crippen molar-refractivity contribution in [3.63, 3.8) is 0 Å². The van der Waals surface area contributed by atoms with Crippen molar-refractivity contribution in [3.05, 3.63) is 36.0 Å². The molecule has 0 aliphatic heterocycles. The van der Waals surface area contributed by atoms with Crippen molar-refractivity contribution in [2.75, 3.05) is 11.9 Å². The predicted molar refractivity (Wildman–Crippen MR) is 68.6 cm³/mol. The Balaban J connectivity index is 2.01. The number of hydrogen-bond donors (Lipinski definition) is 1. The van der Waals surface area contributed by atoms with Crippen molar-refractivity contribution in [3.8, 4) is 5.75 Å². The lowest BCUT2D eigenvalue weighted by atomic mass is 10.3. The minimum absolute atomic E-state index is 0.497. The van der Waals surface area contributed by atoms with Crippen molar-refractivity contribution in [1.82, 2.24) is 10.2 Å². The molecule has 2 rings (SSSR count). The molecule has 0 fully saturated rings. The Morgan fingerprint density at radius 1 is 1.17 bits per heavy atom. The van der Waals surface area contributed by atoms with Crippen LogP contribution >= 0.6 is 0 Å². The van der Waals surface area contributed by atoms with Crippen molar-refractivity contribution in [2.24, 2.45) is 0 Å². The van der Waals surface area contributed by atoms with Crippen LogP contribution in [0.1, 0.15) is 25.6 Å². The molecule has 0 amide bonds. The van der Waals surface area contributed by atoms with Crippen LogP contribution in [0.25, 0.3) is 0 Å². The third-order valence-corrected chi connectivity index (χ3v) is 2.43. The molecule has 0 spiro atoms. The molecule has 0 unspecified atom stereocenters. The molecule has 5 nitrogen and oxygen atoms in total. The van der Waals surface area contributed by atoms with Crippen LogP contribution in [0.15, 0.2) is 28.7 Å². The lowest BCUT2D eigenvalue weighted by molar-refractivity contribution is 0.341. The summed E-state index contributed by atoms with van der Waals surface area (Å²) in [7, 11) is 0. The van der Waals surface area contributed by atoms with Gasteiger partial charge in [-0.2, -0.15) is 0 Å². The summed E-state index contributed by atoms with van der Waals surface area (Å²) in [4.78, 5) is 0. The molecule has 18 heavy (non-hydrogen) atoms. The normalized spacial score (nSPS) is 10.3. The van der Waals surface area contributed by atoms with Crippen LogP contribution in [0.5, 0.6) is 5.75 Å². The standard InChI is InChI=1S/C13H17N3O2/c1-3-12-15-16-13(18-12)9-14-10-7-5-6-8-11(10)17-4-2/h5-8,14H,3-4,9H2,1-2H3. The number of aromatic nitrogens is 2. The van der Waals surface area contributed by atoms with Crippen LogP contribution in [-0.4, -0.2) is 16.8 Å². The number of anilines is 1. The van der Waals surface area contributed by atoms with Crippen LogP contribution in [0, 0.1) is 0 Å². The van der Waals surface area contributed by atoms with Crippen molar-refractivity contribution in [1.29, 1.82) is 0 Å². The highest BCUT2D eigenvalue weighted by molar-refractivity contribution is 5.56. The smallest absolute Gasteiger partial charge is 0.235 e. The Morgan fingerprint density at radius 3 is 2.67 bits per heavy atom. The van der Waals surface area contributed by atoms with E-state index in [1.54, 1.807) is 0 Å². The summed E-state index contributed by atoms with van der Waals surface area (Å²) in [5, 5.41) is 11.1.